The molecule has 0 unspecified atom stereocenters. The smallest absolute Gasteiger partial charge is 0.121 e. The standard InChI is InChI=1S/C21H18O/c1-15-4-9-20-14-18(7-10-19(20)12-15)6-5-17-8-11-21(22-3)16(2)13-17/h4,7-14H,1-3H3. The predicted octanol–water partition coefficient (Wildman–Crippen LogP) is 4.87. The minimum Gasteiger partial charge on any atom is -0.496 e. The number of hydrogen-bond acceptors (Lipinski definition) is 1. The summed E-state index contributed by atoms with van der Waals surface area (Å²) >= 11 is 0. The highest BCUT2D eigenvalue weighted by atomic mass is 16.5. The van der Waals surface area contributed by atoms with Crippen LogP contribution in [0.3, 0.4) is 0 Å². The van der Waals surface area contributed by atoms with Gasteiger partial charge >= 0.3 is 0 Å². The molecule has 0 atom stereocenters. The molecule has 3 aromatic carbocycles. The second-order valence-corrected chi connectivity index (χ2v) is 5.50. The zero-order chi connectivity index (χ0) is 15.5. The number of benzene rings is 3. The van der Waals surface area contributed by atoms with Crippen LogP contribution in [0.1, 0.15) is 22.3 Å². The maximum absolute atomic E-state index is 5.27. The van der Waals surface area contributed by atoms with Gasteiger partial charge in [-0.3, -0.25) is 0 Å². The minimum atomic E-state index is 0.895. The van der Waals surface area contributed by atoms with E-state index in [1.807, 2.05) is 19.1 Å². The average molecular weight is 286 g/mol. The van der Waals surface area contributed by atoms with Crippen molar-refractivity contribution < 1.29 is 4.74 Å². The molecule has 0 aliphatic rings. The molecule has 0 aromatic heterocycles. The summed E-state index contributed by atoms with van der Waals surface area (Å²) in [5, 5.41) is 2.48. The molecular formula is C21H18O. The fraction of sp³-hybridized carbons (Fsp3) is 0.143. The van der Waals surface area contributed by atoms with E-state index in [2.05, 4.69) is 61.2 Å². The van der Waals surface area contributed by atoms with Gasteiger partial charge in [0.1, 0.15) is 5.75 Å². The zero-order valence-electron chi connectivity index (χ0n) is 13.1. The summed E-state index contributed by atoms with van der Waals surface area (Å²) in [7, 11) is 1.68. The molecule has 0 spiro atoms. The number of hydrogen-bond donors (Lipinski definition) is 0. The van der Waals surface area contributed by atoms with Crippen LogP contribution in [0.5, 0.6) is 5.75 Å². The van der Waals surface area contributed by atoms with Crippen LogP contribution in [0.25, 0.3) is 10.8 Å². The molecule has 1 heteroatoms. The Kier molecular flexibility index (Phi) is 3.85. The Morgan fingerprint density at radius 3 is 2.09 bits per heavy atom. The van der Waals surface area contributed by atoms with Crippen molar-refractivity contribution in [2.24, 2.45) is 0 Å². The van der Waals surface area contributed by atoms with Crippen molar-refractivity contribution in [3.8, 4) is 17.6 Å². The minimum absolute atomic E-state index is 0.895. The van der Waals surface area contributed by atoms with E-state index >= 15 is 0 Å². The van der Waals surface area contributed by atoms with Crippen molar-refractivity contribution in [3.63, 3.8) is 0 Å². The number of aryl methyl sites for hydroxylation is 2. The monoisotopic (exact) mass is 286 g/mol. The molecule has 0 aliphatic carbocycles. The van der Waals surface area contributed by atoms with Gasteiger partial charge < -0.3 is 4.74 Å². The van der Waals surface area contributed by atoms with Crippen LogP contribution in [-0.4, -0.2) is 7.11 Å². The van der Waals surface area contributed by atoms with Gasteiger partial charge in [-0.25, -0.2) is 0 Å². The lowest BCUT2D eigenvalue weighted by Crippen LogP contribution is -1.87. The topological polar surface area (TPSA) is 9.23 Å². The molecule has 0 saturated carbocycles. The van der Waals surface area contributed by atoms with Crippen molar-refractivity contribution in [2.75, 3.05) is 7.11 Å². The highest BCUT2D eigenvalue weighted by molar-refractivity contribution is 5.84. The van der Waals surface area contributed by atoms with Gasteiger partial charge in [0.25, 0.3) is 0 Å². The Bertz CT molecular complexity index is 895. The van der Waals surface area contributed by atoms with Gasteiger partial charge in [0, 0.05) is 11.1 Å². The fourth-order valence-corrected chi connectivity index (χ4v) is 2.54. The predicted molar refractivity (Wildman–Crippen MR) is 92.4 cm³/mol. The third-order valence-electron chi connectivity index (χ3n) is 3.74. The van der Waals surface area contributed by atoms with Gasteiger partial charge in [-0.15, -0.1) is 0 Å². The lowest BCUT2D eigenvalue weighted by Gasteiger charge is -2.03. The maximum Gasteiger partial charge on any atom is 0.121 e. The number of fused-ring (bicyclic) bond motifs is 1. The Hall–Kier alpha value is -2.72. The molecule has 0 saturated heterocycles. The van der Waals surface area contributed by atoms with E-state index in [0.717, 1.165) is 22.4 Å². The van der Waals surface area contributed by atoms with Crippen molar-refractivity contribution in [2.45, 2.75) is 13.8 Å². The first kappa shape index (κ1) is 14.2. The zero-order valence-corrected chi connectivity index (χ0v) is 13.1. The van der Waals surface area contributed by atoms with Crippen molar-refractivity contribution in [1.29, 1.82) is 0 Å². The Morgan fingerprint density at radius 2 is 1.36 bits per heavy atom. The molecule has 0 fully saturated rings. The molecule has 22 heavy (non-hydrogen) atoms. The van der Waals surface area contributed by atoms with Crippen molar-refractivity contribution >= 4 is 10.8 Å². The highest BCUT2D eigenvalue weighted by Crippen LogP contribution is 2.19. The normalized spacial score (nSPS) is 10.1. The second kappa shape index (κ2) is 5.95. The molecule has 3 rings (SSSR count). The molecule has 0 amide bonds. The molecule has 3 aromatic rings. The summed E-state index contributed by atoms with van der Waals surface area (Å²) in [5.41, 5.74) is 4.41. The van der Waals surface area contributed by atoms with Crippen LogP contribution in [-0.2, 0) is 0 Å². The van der Waals surface area contributed by atoms with Crippen LogP contribution in [0.4, 0.5) is 0 Å². The van der Waals surface area contributed by atoms with Gasteiger partial charge in [0.05, 0.1) is 7.11 Å². The van der Waals surface area contributed by atoms with Crippen LogP contribution in [0.2, 0.25) is 0 Å². The molecule has 0 aliphatic heterocycles. The summed E-state index contributed by atoms with van der Waals surface area (Å²) in [6.07, 6.45) is 0. The first-order valence-electron chi connectivity index (χ1n) is 7.33. The summed E-state index contributed by atoms with van der Waals surface area (Å²) < 4.78 is 5.27. The van der Waals surface area contributed by atoms with E-state index in [1.165, 1.54) is 16.3 Å². The van der Waals surface area contributed by atoms with E-state index in [4.69, 9.17) is 4.74 Å². The number of methoxy groups -OCH3 is 1. The van der Waals surface area contributed by atoms with Gasteiger partial charge in [-0.2, -0.15) is 0 Å². The first-order chi connectivity index (χ1) is 10.7. The Balaban J connectivity index is 1.93. The third kappa shape index (κ3) is 2.97. The first-order valence-corrected chi connectivity index (χ1v) is 7.33. The number of rotatable bonds is 1. The molecule has 108 valence electrons. The van der Waals surface area contributed by atoms with Gasteiger partial charge in [0.15, 0.2) is 0 Å². The average Bonchev–Trinajstić information content (AvgIpc) is 2.53. The Labute approximate surface area is 131 Å². The van der Waals surface area contributed by atoms with E-state index in [-0.39, 0.29) is 0 Å². The summed E-state index contributed by atoms with van der Waals surface area (Å²) in [5.74, 6) is 7.36. The van der Waals surface area contributed by atoms with E-state index in [0.29, 0.717) is 0 Å². The molecule has 0 heterocycles. The van der Waals surface area contributed by atoms with Crippen LogP contribution in [0.15, 0.2) is 54.6 Å². The maximum atomic E-state index is 5.27. The van der Waals surface area contributed by atoms with Crippen molar-refractivity contribution in [3.05, 3.63) is 76.9 Å². The van der Waals surface area contributed by atoms with Crippen LogP contribution in [0, 0.1) is 25.7 Å². The van der Waals surface area contributed by atoms with Crippen LogP contribution >= 0.6 is 0 Å². The lowest BCUT2D eigenvalue weighted by atomic mass is 10.0. The van der Waals surface area contributed by atoms with Gasteiger partial charge in [-0.1, -0.05) is 41.7 Å². The van der Waals surface area contributed by atoms with Gasteiger partial charge in [0.2, 0.25) is 0 Å². The second-order valence-electron chi connectivity index (χ2n) is 5.50. The third-order valence-corrected chi connectivity index (χ3v) is 3.74. The van der Waals surface area contributed by atoms with E-state index in [9.17, 15) is 0 Å². The number of ether oxygens (including phenoxy) is 1. The lowest BCUT2D eigenvalue weighted by molar-refractivity contribution is 0.411. The van der Waals surface area contributed by atoms with Crippen molar-refractivity contribution in [1.82, 2.24) is 0 Å². The van der Waals surface area contributed by atoms with E-state index < -0.39 is 0 Å². The summed E-state index contributed by atoms with van der Waals surface area (Å²) in [6.45, 7) is 4.14. The molecular weight excluding hydrogens is 268 g/mol. The molecule has 0 radical (unpaired) electrons. The van der Waals surface area contributed by atoms with Crippen LogP contribution < -0.4 is 4.74 Å². The molecule has 1 nitrogen and oxygen atoms in total. The summed E-state index contributed by atoms with van der Waals surface area (Å²) in [4.78, 5) is 0. The Morgan fingerprint density at radius 1 is 0.727 bits per heavy atom. The SMILES string of the molecule is COc1ccc(C#Cc2ccc3cc(C)ccc3c2)cc1C. The molecule has 0 N–H and O–H groups in total. The highest BCUT2D eigenvalue weighted by Gasteiger charge is 1.98. The fourth-order valence-electron chi connectivity index (χ4n) is 2.54. The largest absolute Gasteiger partial charge is 0.496 e. The quantitative estimate of drug-likeness (QED) is 0.580. The van der Waals surface area contributed by atoms with E-state index in [1.54, 1.807) is 7.11 Å². The molecule has 0 bridgehead atoms. The summed E-state index contributed by atoms with van der Waals surface area (Å²) in [6, 6.07) is 18.8. The van der Waals surface area contributed by atoms with Gasteiger partial charge in [-0.05, 0) is 60.5 Å².